The largest absolute Gasteiger partial charge is 0.497 e. The number of methoxy groups -OCH3 is 1. The molecule has 0 aliphatic carbocycles. The summed E-state index contributed by atoms with van der Waals surface area (Å²) in [4.78, 5) is 0. The maximum Gasteiger partial charge on any atom is 0.119 e. The van der Waals surface area contributed by atoms with Crippen molar-refractivity contribution < 1.29 is 4.74 Å². The Hall–Kier alpha value is -1.28. The third-order valence-corrected chi connectivity index (χ3v) is 2.99. The summed E-state index contributed by atoms with van der Waals surface area (Å²) in [5.74, 6) is 0.942. The van der Waals surface area contributed by atoms with Gasteiger partial charge in [-0.15, -0.1) is 6.58 Å². The van der Waals surface area contributed by atoms with E-state index in [9.17, 15) is 0 Å². The van der Waals surface area contributed by atoms with Crippen molar-refractivity contribution in [2.75, 3.05) is 20.2 Å². The molecule has 1 rings (SSSR count). The SMILES string of the molecule is C=CCCCCCNCCc1cccc(OC)c1. The Morgan fingerprint density at radius 3 is 2.89 bits per heavy atom. The smallest absolute Gasteiger partial charge is 0.119 e. The molecule has 0 saturated carbocycles. The van der Waals surface area contributed by atoms with Crippen LogP contribution < -0.4 is 10.1 Å². The van der Waals surface area contributed by atoms with Crippen LogP contribution >= 0.6 is 0 Å². The third kappa shape index (κ3) is 6.45. The normalized spacial score (nSPS) is 10.3. The van der Waals surface area contributed by atoms with Crippen molar-refractivity contribution in [3.05, 3.63) is 42.5 Å². The van der Waals surface area contributed by atoms with Crippen LogP contribution in [0.3, 0.4) is 0 Å². The first-order chi connectivity index (χ1) is 8.86. The van der Waals surface area contributed by atoms with Crippen LogP contribution in [0.4, 0.5) is 0 Å². The molecule has 0 bridgehead atoms. The summed E-state index contributed by atoms with van der Waals surface area (Å²) < 4.78 is 5.21. The molecule has 0 amide bonds. The summed E-state index contributed by atoms with van der Waals surface area (Å²) >= 11 is 0. The first kappa shape index (κ1) is 14.8. The highest BCUT2D eigenvalue weighted by Gasteiger charge is 1.95. The Morgan fingerprint density at radius 2 is 2.11 bits per heavy atom. The maximum atomic E-state index is 5.21. The Labute approximate surface area is 111 Å². The average Bonchev–Trinajstić information content (AvgIpc) is 2.42. The van der Waals surface area contributed by atoms with Crippen LogP contribution in [0.15, 0.2) is 36.9 Å². The quantitative estimate of drug-likeness (QED) is 0.504. The maximum absolute atomic E-state index is 5.21. The summed E-state index contributed by atoms with van der Waals surface area (Å²) in [7, 11) is 1.71. The summed E-state index contributed by atoms with van der Waals surface area (Å²) in [6.45, 7) is 5.88. The van der Waals surface area contributed by atoms with Gasteiger partial charge in [-0.25, -0.2) is 0 Å². The lowest BCUT2D eigenvalue weighted by Gasteiger charge is -2.06. The molecule has 100 valence electrons. The third-order valence-electron chi connectivity index (χ3n) is 2.99. The zero-order valence-corrected chi connectivity index (χ0v) is 11.5. The lowest BCUT2D eigenvalue weighted by Crippen LogP contribution is -2.18. The molecule has 0 unspecified atom stereocenters. The van der Waals surface area contributed by atoms with Crippen molar-refractivity contribution in [1.82, 2.24) is 5.32 Å². The van der Waals surface area contributed by atoms with E-state index in [0.717, 1.165) is 31.7 Å². The van der Waals surface area contributed by atoms with Crippen molar-refractivity contribution in [3.63, 3.8) is 0 Å². The van der Waals surface area contributed by atoms with E-state index in [2.05, 4.69) is 24.0 Å². The zero-order chi connectivity index (χ0) is 13.1. The number of ether oxygens (including phenoxy) is 1. The van der Waals surface area contributed by atoms with E-state index in [-0.39, 0.29) is 0 Å². The Balaban J connectivity index is 2.05. The number of rotatable bonds is 10. The minimum Gasteiger partial charge on any atom is -0.497 e. The molecule has 0 saturated heterocycles. The van der Waals surface area contributed by atoms with Gasteiger partial charge in [-0.3, -0.25) is 0 Å². The molecule has 0 spiro atoms. The van der Waals surface area contributed by atoms with E-state index in [1.807, 2.05) is 18.2 Å². The van der Waals surface area contributed by atoms with E-state index in [1.165, 1.54) is 24.8 Å². The second-order valence-electron chi connectivity index (χ2n) is 4.49. The number of allylic oxidation sites excluding steroid dienone is 1. The molecule has 0 atom stereocenters. The van der Waals surface area contributed by atoms with Gasteiger partial charge in [0.05, 0.1) is 7.11 Å². The summed E-state index contributed by atoms with van der Waals surface area (Å²) in [6, 6.07) is 8.28. The lowest BCUT2D eigenvalue weighted by atomic mass is 10.1. The molecule has 1 N–H and O–H groups in total. The summed E-state index contributed by atoms with van der Waals surface area (Å²) in [6.07, 6.45) is 8.01. The number of unbranched alkanes of at least 4 members (excludes halogenated alkanes) is 3. The molecule has 0 aromatic heterocycles. The molecule has 0 heterocycles. The molecule has 2 heteroatoms. The monoisotopic (exact) mass is 247 g/mol. The van der Waals surface area contributed by atoms with Crippen molar-refractivity contribution in [2.24, 2.45) is 0 Å². The molecule has 0 fully saturated rings. The predicted molar refractivity (Wildman–Crippen MR) is 78.2 cm³/mol. The standard InChI is InChI=1S/C16H25NO/c1-3-4-5-6-7-12-17-13-11-15-9-8-10-16(14-15)18-2/h3,8-10,14,17H,1,4-7,11-13H2,2H3. The number of nitrogens with one attached hydrogen (secondary N) is 1. The molecule has 1 aromatic carbocycles. The molecular formula is C16H25NO. The van der Waals surface area contributed by atoms with Gasteiger partial charge in [0.25, 0.3) is 0 Å². The van der Waals surface area contributed by atoms with Gasteiger partial charge < -0.3 is 10.1 Å². The van der Waals surface area contributed by atoms with Gasteiger partial charge in [0.15, 0.2) is 0 Å². The molecule has 2 nitrogen and oxygen atoms in total. The van der Waals surface area contributed by atoms with Crippen molar-refractivity contribution in [1.29, 1.82) is 0 Å². The van der Waals surface area contributed by atoms with Crippen molar-refractivity contribution in [2.45, 2.75) is 32.1 Å². The molecule has 0 aliphatic heterocycles. The van der Waals surface area contributed by atoms with Crippen molar-refractivity contribution in [3.8, 4) is 5.75 Å². The van der Waals surface area contributed by atoms with Crippen molar-refractivity contribution >= 4 is 0 Å². The van der Waals surface area contributed by atoms with Gasteiger partial charge in [0.2, 0.25) is 0 Å². The van der Waals surface area contributed by atoms with Crippen LogP contribution in [0.25, 0.3) is 0 Å². The van der Waals surface area contributed by atoms with Gasteiger partial charge in [0.1, 0.15) is 5.75 Å². The minimum absolute atomic E-state index is 0.942. The van der Waals surface area contributed by atoms with E-state index in [1.54, 1.807) is 7.11 Å². The molecular weight excluding hydrogens is 222 g/mol. The highest BCUT2D eigenvalue weighted by atomic mass is 16.5. The van der Waals surface area contributed by atoms with Gasteiger partial charge >= 0.3 is 0 Å². The van der Waals surface area contributed by atoms with E-state index < -0.39 is 0 Å². The molecule has 18 heavy (non-hydrogen) atoms. The fraction of sp³-hybridized carbons (Fsp3) is 0.500. The number of benzene rings is 1. The van der Waals surface area contributed by atoms with Crippen LogP contribution in [0.2, 0.25) is 0 Å². The van der Waals surface area contributed by atoms with Crippen LogP contribution in [-0.4, -0.2) is 20.2 Å². The van der Waals surface area contributed by atoms with E-state index in [0.29, 0.717) is 0 Å². The number of hydrogen-bond donors (Lipinski definition) is 1. The second kappa shape index (κ2) is 9.72. The van der Waals surface area contributed by atoms with Gasteiger partial charge in [-0.1, -0.05) is 24.6 Å². The Morgan fingerprint density at radius 1 is 1.22 bits per heavy atom. The van der Waals surface area contributed by atoms with E-state index in [4.69, 9.17) is 4.74 Å². The summed E-state index contributed by atoms with van der Waals surface area (Å²) in [5.41, 5.74) is 1.33. The Kier molecular flexibility index (Phi) is 7.98. The van der Waals surface area contributed by atoms with Gasteiger partial charge in [0, 0.05) is 0 Å². The first-order valence-electron chi connectivity index (χ1n) is 6.81. The van der Waals surface area contributed by atoms with Crippen LogP contribution in [0.5, 0.6) is 5.75 Å². The molecule has 1 aromatic rings. The highest BCUT2D eigenvalue weighted by molar-refractivity contribution is 5.28. The van der Waals surface area contributed by atoms with Gasteiger partial charge in [-0.05, 0) is 56.5 Å². The fourth-order valence-corrected chi connectivity index (χ4v) is 1.90. The summed E-state index contributed by atoms with van der Waals surface area (Å²) in [5, 5.41) is 3.48. The fourth-order valence-electron chi connectivity index (χ4n) is 1.90. The zero-order valence-electron chi connectivity index (χ0n) is 11.5. The first-order valence-corrected chi connectivity index (χ1v) is 6.81. The van der Waals surface area contributed by atoms with Crippen LogP contribution in [0.1, 0.15) is 31.2 Å². The highest BCUT2D eigenvalue weighted by Crippen LogP contribution is 2.12. The predicted octanol–water partition coefficient (Wildman–Crippen LogP) is 3.57. The Bertz CT molecular complexity index is 336. The van der Waals surface area contributed by atoms with Gasteiger partial charge in [-0.2, -0.15) is 0 Å². The van der Waals surface area contributed by atoms with Crippen LogP contribution in [-0.2, 0) is 6.42 Å². The van der Waals surface area contributed by atoms with E-state index >= 15 is 0 Å². The number of hydrogen-bond acceptors (Lipinski definition) is 2. The molecule has 0 radical (unpaired) electrons. The molecule has 0 aliphatic rings. The van der Waals surface area contributed by atoms with Crippen LogP contribution in [0, 0.1) is 0 Å². The lowest BCUT2D eigenvalue weighted by molar-refractivity contribution is 0.414. The second-order valence-corrected chi connectivity index (χ2v) is 4.49. The minimum atomic E-state index is 0.942. The topological polar surface area (TPSA) is 21.3 Å². The average molecular weight is 247 g/mol.